The molecule has 1 N–H and O–H groups in total. The molecule has 0 saturated heterocycles. The van der Waals surface area contributed by atoms with Gasteiger partial charge in [0, 0.05) is 18.9 Å². The van der Waals surface area contributed by atoms with Crippen LogP contribution in [0.15, 0.2) is 48.8 Å². The third-order valence-corrected chi connectivity index (χ3v) is 3.38. The number of benzene rings is 1. The summed E-state index contributed by atoms with van der Waals surface area (Å²) < 4.78 is 1.87. The summed E-state index contributed by atoms with van der Waals surface area (Å²) in [5.74, 6) is -0.104. The van der Waals surface area contributed by atoms with Crippen LogP contribution in [0.25, 0.3) is 5.65 Å². The zero-order chi connectivity index (χ0) is 14.8. The highest BCUT2D eigenvalue weighted by Crippen LogP contribution is 2.11. The van der Waals surface area contributed by atoms with Gasteiger partial charge in [-0.05, 0) is 31.5 Å². The van der Waals surface area contributed by atoms with Crippen LogP contribution in [-0.4, -0.2) is 15.3 Å². The second kappa shape index (κ2) is 5.40. The number of carbonyl (C=O) groups is 1. The van der Waals surface area contributed by atoms with Crippen molar-refractivity contribution in [2.45, 2.75) is 20.4 Å². The van der Waals surface area contributed by atoms with Gasteiger partial charge in [-0.25, -0.2) is 4.98 Å². The number of hydrogen-bond donors (Lipinski definition) is 1. The van der Waals surface area contributed by atoms with Crippen LogP contribution < -0.4 is 5.32 Å². The maximum atomic E-state index is 12.4. The van der Waals surface area contributed by atoms with Crippen LogP contribution in [0.5, 0.6) is 0 Å². The van der Waals surface area contributed by atoms with Crippen molar-refractivity contribution in [2.75, 3.05) is 0 Å². The molecule has 2 heterocycles. The number of aryl methyl sites for hydroxylation is 2. The van der Waals surface area contributed by atoms with Crippen LogP contribution in [0.4, 0.5) is 0 Å². The predicted octanol–water partition coefficient (Wildman–Crippen LogP) is 2.88. The fraction of sp³-hybridized carbons (Fsp3) is 0.176. The van der Waals surface area contributed by atoms with Gasteiger partial charge in [-0.3, -0.25) is 4.79 Å². The lowest BCUT2D eigenvalue weighted by atomic mass is 10.1. The van der Waals surface area contributed by atoms with Crippen LogP contribution in [0.3, 0.4) is 0 Å². The Hall–Kier alpha value is -2.62. The average molecular weight is 279 g/mol. The van der Waals surface area contributed by atoms with Gasteiger partial charge in [0.2, 0.25) is 0 Å². The lowest BCUT2D eigenvalue weighted by Gasteiger charge is -2.07. The van der Waals surface area contributed by atoms with Gasteiger partial charge in [-0.2, -0.15) is 0 Å². The molecule has 2 aromatic heterocycles. The van der Waals surface area contributed by atoms with Crippen molar-refractivity contribution < 1.29 is 4.79 Å². The minimum Gasteiger partial charge on any atom is -0.348 e. The standard InChI is InChI=1S/C17H17N3O/c1-12-5-3-6-14(9-12)10-18-17(21)15-7-4-8-20-11-13(2)19-16(15)20/h3-9,11H,10H2,1-2H3,(H,18,21). The molecule has 0 radical (unpaired) electrons. The number of rotatable bonds is 3. The van der Waals surface area contributed by atoms with Crippen molar-refractivity contribution in [2.24, 2.45) is 0 Å². The number of fused-ring (bicyclic) bond motifs is 1. The van der Waals surface area contributed by atoms with E-state index in [0.717, 1.165) is 11.3 Å². The summed E-state index contributed by atoms with van der Waals surface area (Å²) in [6, 6.07) is 11.8. The number of imidazole rings is 1. The third kappa shape index (κ3) is 2.79. The van der Waals surface area contributed by atoms with Crippen molar-refractivity contribution in [1.82, 2.24) is 14.7 Å². The van der Waals surface area contributed by atoms with Crippen molar-refractivity contribution in [1.29, 1.82) is 0 Å². The van der Waals surface area contributed by atoms with Gasteiger partial charge in [0.05, 0.1) is 11.3 Å². The molecule has 0 aliphatic heterocycles. The first-order valence-corrected chi connectivity index (χ1v) is 6.91. The molecule has 3 rings (SSSR count). The number of nitrogens with zero attached hydrogens (tertiary/aromatic N) is 2. The highest BCUT2D eigenvalue weighted by molar-refractivity contribution is 5.99. The van der Waals surface area contributed by atoms with E-state index in [1.807, 2.05) is 54.9 Å². The normalized spacial score (nSPS) is 10.8. The molecule has 0 aliphatic rings. The monoisotopic (exact) mass is 279 g/mol. The first kappa shape index (κ1) is 13.4. The molecule has 1 amide bonds. The molecule has 0 fully saturated rings. The van der Waals surface area contributed by atoms with Gasteiger partial charge in [-0.1, -0.05) is 29.8 Å². The van der Waals surface area contributed by atoms with E-state index in [9.17, 15) is 4.79 Å². The molecule has 1 aromatic carbocycles. The highest BCUT2D eigenvalue weighted by atomic mass is 16.1. The number of carbonyl (C=O) groups excluding carboxylic acids is 1. The summed E-state index contributed by atoms with van der Waals surface area (Å²) >= 11 is 0. The smallest absolute Gasteiger partial charge is 0.255 e. The van der Waals surface area contributed by atoms with Crippen molar-refractivity contribution in [3.05, 3.63) is 71.2 Å². The van der Waals surface area contributed by atoms with Gasteiger partial charge >= 0.3 is 0 Å². The SMILES string of the molecule is Cc1cccc(CNC(=O)c2cccn3cc(C)nc23)c1. The predicted molar refractivity (Wildman–Crippen MR) is 82.3 cm³/mol. The Bertz CT molecular complexity index is 805. The molecular formula is C17H17N3O. The Morgan fingerprint density at radius 1 is 1.24 bits per heavy atom. The topological polar surface area (TPSA) is 46.4 Å². The zero-order valence-electron chi connectivity index (χ0n) is 12.1. The Morgan fingerprint density at radius 3 is 2.90 bits per heavy atom. The first-order valence-electron chi connectivity index (χ1n) is 6.91. The lowest BCUT2D eigenvalue weighted by molar-refractivity contribution is 0.0952. The van der Waals surface area contributed by atoms with Crippen LogP contribution in [0, 0.1) is 13.8 Å². The Balaban J connectivity index is 1.81. The number of pyridine rings is 1. The fourth-order valence-electron chi connectivity index (χ4n) is 2.41. The summed E-state index contributed by atoms with van der Waals surface area (Å²) in [4.78, 5) is 16.8. The van der Waals surface area contributed by atoms with Crippen LogP contribution in [0.1, 0.15) is 27.2 Å². The van der Waals surface area contributed by atoms with E-state index in [0.29, 0.717) is 17.8 Å². The van der Waals surface area contributed by atoms with Crippen molar-refractivity contribution in [3.8, 4) is 0 Å². The summed E-state index contributed by atoms with van der Waals surface area (Å²) in [7, 11) is 0. The Labute approximate surface area is 123 Å². The van der Waals surface area contributed by atoms with E-state index < -0.39 is 0 Å². The minimum absolute atomic E-state index is 0.104. The molecule has 0 saturated carbocycles. The maximum absolute atomic E-state index is 12.4. The number of aromatic nitrogens is 2. The molecule has 106 valence electrons. The third-order valence-electron chi connectivity index (χ3n) is 3.38. The summed E-state index contributed by atoms with van der Waals surface area (Å²) in [6.07, 6.45) is 3.80. The summed E-state index contributed by atoms with van der Waals surface area (Å²) in [6.45, 7) is 4.47. The molecule has 21 heavy (non-hydrogen) atoms. The van der Waals surface area contributed by atoms with Gasteiger partial charge in [0.15, 0.2) is 0 Å². The quantitative estimate of drug-likeness (QED) is 0.801. The summed E-state index contributed by atoms with van der Waals surface area (Å²) in [5.41, 5.74) is 4.46. The van der Waals surface area contributed by atoms with Crippen LogP contribution >= 0.6 is 0 Å². The Morgan fingerprint density at radius 2 is 2.10 bits per heavy atom. The van der Waals surface area contributed by atoms with E-state index in [1.54, 1.807) is 6.07 Å². The van der Waals surface area contributed by atoms with Gasteiger partial charge < -0.3 is 9.72 Å². The summed E-state index contributed by atoms with van der Waals surface area (Å²) in [5, 5.41) is 2.95. The fourth-order valence-corrected chi connectivity index (χ4v) is 2.41. The number of amides is 1. The van der Waals surface area contributed by atoms with E-state index >= 15 is 0 Å². The van der Waals surface area contributed by atoms with Crippen molar-refractivity contribution >= 4 is 11.6 Å². The molecule has 4 nitrogen and oxygen atoms in total. The second-order valence-corrected chi connectivity index (χ2v) is 5.21. The molecule has 0 spiro atoms. The molecule has 0 bridgehead atoms. The first-order chi connectivity index (χ1) is 10.1. The molecule has 0 aliphatic carbocycles. The average Bonchev–Trinajstić information content (AvgIpc) is 2.84. The van der Waals surface area contributed by atoms with Crippen LogP contribution in [-0.2, 0) is 6.54 Å². The zero-order valence-corrected chi connectivity index (χ0v) is 12.1. The molecule has 0 atom stereocenters. The molecule has 3 aromatic rings. The number of hydrogen-bond acceptors (Lipinski definition) is 2. The molecule has 4 heteroatoms. The van der Waals surface area contributed by atoms with Crippen LogP contribution in [0.2, 0.25) is 0 Å². The minimum atomic E-state index is -0.104. The van der Waals surface area contributed by atoms with E-state index in [-0.39, 0.29) is 5.91 Å². The van der Waals surface area contributed by atoms with Gasteiger partial charge in [0.25, 0.3) is 5.91 Å². The molecule has 0 unspecified atom stereocenters. The largest absolute Gasteiger partial charge is 0.348 e. The second-order valence-electron chi connectivity index (χ2n) is 5.21. The number of nitrogens with one attached hydrogen (secondary N) is 1. The molecular weight excluding hydrogens is 262 g/mol. The van der Waals surface area contributed by atoms with Crippen molar-refractivity contribution in [3.63, 3.8) is 0 Å². The lowest BCUT2D eigenvalue weighted by Crippen LogP contribution is -2.23. The van der Waals surface area contributed by atoms with Gasteiger partial charge in [-0.15, -0.1) is 0 Å². The Kier molecular flexibility index (Phi) is 3.44. The maximum Gasteiger partial charge on any atom is 0.255 e. The van der Waals surface area contributed by atoms with Gasteiger partial charge in [0.1, 0.15) is 5.65 Å². The van der Waals surface area contributed by atoms with E-state index in [1.165, 1.54) is 5.56 Å². The van der Waals surface area contributed by atoms with E-state index in [2.05, 4.69) is 16.4 Å². The van der Waals surface area contributed by atoms with E-state index in [4.69, 9.17) is 0 Å². The highest BCUT2D eigenvalue weighted by Gasteiger charge is 2.11.